The maximum absolute atomic E-state index is 11.0. The lowest BCUT2D eigenvalue weighted by Gasteiger charge is -2.27. The van der Waals surface area contributed by atoms with Gasteiger partial charge < -0.3 is 0 Å². The Labute approximate surface area is 112 Å². The second-order valence-corrected chi connectivity index (χ2v) is 5.00. The molecular weight excluding hydrogens is 244 g/mol. The van der Waals surface area contributed by atoms with E-state index in [1.807, 2.05) is 0 Å². The van der Waals surface area contributed by atoms with Crippen LogP contribution in [0.4, 0.5) is 5.69 Å². The molecule has 0 atom stereocenters. The van der Waals surface area contributed by atoms with Crippen LogP contribution in [0.15, 0.2) is 6.20 Å². The fraction of sp³-hybridized carbons (Fsp3) is 0.615. The molecule has 2 heterocycles. The molecule has 0 unspecified atom stereocenters. The van der Waals surface area contributed by atoms with E-state index in [9.17, 15) is 10.1 Å². The van der Waals surface area contributed by atoms with E-state index in [1.54, 1.807) is 20.0 Å². The van der Waals surface area contributed by atoms with Crippen LogP contribution in [0.2, 0.25) is 0 Å². The van der Waals surface area contributed by atoms with Crippen LogP contribution in [-0.2, 0) is 6.54 Å². The van der Waals surface area contributed by atoms with Gasteiger partial charge in [0.2, 0.25) is 0 Å². The third kappa shape index (κ3) is 3.27. The van der Waals surface area contributed by atoms with E-state index in [0.29, 0.717) is 17.7 Å². The molecule has 1 fully saturated rings. The van der Waals surface area contributed by atoms with Gasteiger partial charge in [-0.1, -0.05) is 6.42 Å². The molecule has 2 rings (SSSR count). The molecule has 1 aromatic rings. The third-order valence-electron chi connectivity index (χ3n) is 3.58. The summed E-state index contributed by atoms with van der Waals surface area (Å²) in [5, 5.41) is 13.2. The molecule has 0 aromatic carbocycles. The average Bonchev–Trinajstić information content (AvgIpc) is 2.38. The van der Waals surface area contributed by atoms with Gasteiger partial charge >= 0.3 is 0 Å². The van der Waals surface area contributed by atoms with E-state index in [1.165, 1.54) is 19.3 Å². The van der Waals surface area contributed by atoms with Gasteiger partial charge in [-0.05, 0) is 26.7 Å². The molecule has 1 aliphatic rings. The predicted octanol–water partition coefficient (Wildman–Crippen LogP) is 2.10. The molecule has 0 radical (unpaired) electrons. The number of pyridine rings is 1. The van der Waals surface area contributed by atoms with Gasteiger partial charge in [0.1, 0.15) is 0 Å². The molecule has 0 aliphatic carbocycles. The van der Waals surface area contributed by atoms with Gasteiger partial charge in [0.25, 0.3) is 5.69 Å². The van der Waals surface area contributed by atoms with Crippen LogP contribution < -0.4 is 5.43 Å². The highest BCUT2D eigenvalue weighted by Gasteiger charge is 2.19. The smallest absolute Gasteiger partial charge is 0.259 e. The minimum Gasteiger partial charge on any atom is -0.259 e. The number of nitrogens with zero attached hydrogens (tertiary/aromatic N) is 3. The van der Waals surface area contributed by atoms with Crippen LogP contribution in [0.5, 0.6) is 0 Å². The molecule has 0 amide bonds. The number of hydrazine groups is 1. The molecule has 0 saturated carbocycles. The van der Waals surface area contributed by atoms with E-state index in [-0.39, 0.29) is 10.6 Å². The zero-order valence-electron chi connectivity index (χ0n) is 11.5. The second kappa shape index (κ2) is 6.08. The summed E-state index contributed by atoms with van der Waals surface area (Å²) in [6.45, 7) is 6.11. The second-order valence-electron chi connectivity index (χ2n) is 5.00. The van der Waals surface area contributed by atoms with Gasteiger partial charge in [0.15, 0.2) is 0 Å². The van der Waals surface area contributed by atoms with E-state index in [0.717, 1.165) is 18.8 Å². The SMILES string of the molecule is Cc1cnc(CNN2CCCCC2)c(C)c1[N+](=O)[O-]. The Kier molecular flexibility index (Phi) is 4.44. The van der Waals surface area contributed by atoms with E-state index < -0.39 is 0 Å². The van der Waals surface area contributed by atoms with Gasteiger partial charge in [-0.3, -0.25) is 15.1 Å². The Morgan fingerprint density at radius 1 is 1.37 bits per heavy atom. The molecule has 6 heteroatoms. The van der Waals surface area contributed by atoms with Gasteiger partial charge in [0.05, 0.1) is 17.2 Å². The monoisotopic (exact) mass is 264 g/mol. The van der Waals surface area contributed by atoms with Crippen molar-refractivity contribution in [2.24, 2.45) is 0 Å². The highest BCUT2D eigenvalue weighted by molar-refractivity contribution is 5.47. The van der Waals surface area contributed by atoms with Gasteiger partial charge in [0, 0.05) is 30.4 Å². The lowest BCUT2D eigenvalue weighted by molar-refractivity contribution is -0.386. The first kappa shape index (κ1) is 13.9. The third-order valence-corrected chi connectivity index (χ3v) is 3.58. The summed E-state index contributed by atoms with van der Waals surface area (Å²) in [6.07, 6.45) is 5.27. The van der Waals surface area contributed by atoms with Crippen LogP contribution in [0.1, 0.15) is 36.1 Å². The average molecular weight is 264 g/mol. The van der Waals surface area contributed by atoms with Crippen molar-refractivity contribution in [3.05, 3.63) is 33.1 Å². The van der Waals surface area contributed by atoms with Crippen molar-refractivity contribution in [1.29, 1.82) is 0 Å². The molecule has 19 heavy (non-hydrogen) atoms. The van der Waals surface area contributed by atoms with Crippen LogP contribution in [-0.4, -0.2) is 28.0 Å². The Hall–Kier alpha value is -1.53. The van der Waals surface area contributed by atoms with Gasteiger partial charge in [-0.25, -0.2) is 10.4 Å². The lowest BCUT2D eigenvalue weighted by Crippen LogP contribution is -2.41. The van der Waals surface area contributed by atoms with Crippen molar-refractivity contribution in [2.75, 3.05) is 13.1 Å². The number of rotatable bonds is 4. The number of nitrogens with one attached hydrogen (secondary N) is 1. The highest BCUT2D eigenvalue weighted by Crippen LogP contribution is 2.24. The molecule has 1 saturated heterocycles. The summed E-state index contributed by atoms with van der Waals surface area (Å²) in [6, 6.07) is 0. The van der Waals surface area contributed by atoms with Crippen LogP contribution in [0.3, 0.4) is 0 Å². The first-order chi connectivity index (χ1) is 9.09. The molecule has 0 spiro atoms. The lowest BCUT2D eigenvalue weighted by atomic mass is 10.1. The number of piperidine rings is 1. The van der Waals surface area contributed by atoms with Crippen molar-refractivity contribution in [1.82, 2.24) is 15.4 Å². The largest absolute Gasteiger partial charge is 0.278 e. The Morgan fingerprint density at radius 2 is 2.05 bits per heavy atom. The van der Waals surface area contributed by atoms with Gasteiger partial charge in [-0.15, -0.1) is 0 Å². The topological polar surface area (TPSA) is 71.3 Å². The molecule has 1 aromatic heterocycles. The highest BCUT2D eigenvalue weighted by atomic mass is 16.6. The number of nitro groups is 1. The Morgan fingerprint density at radius 3 is 2.68 bits per heavy atom. The first-order valence-corrected chi connectivity index (χ1v) is 6.67. The van der Waals surface area contributed by atoms with Crippen molar-refractivity contribution in [2.45, 2.75) is 39.7 Å². The maximum Gasteiger partial charge on any atom is 0.278 e. The Balaban J connectivity index is 2.08. The normalized spacial score (nSPS) is 16.5. The fourth-order valence-corrected chi connectivity index (χ4v) is 2.46. The van der Waals surface area contributed by atoms with Crippen LogP contribution >= 0.6 is 0 Å². The Bertz CT molecular complexity index is 470. The number of hydrogen-bond acceptors (Lipinski definition) is 5. The standard InChI is InChI=1S/C13H20N4O2/c1-10-8-14-12(11(2)13(10)17(18)19)9-15-16-6-4-3-5-7-16/h8,15H,3-7,9H2,1-2H3. The predicted molar refractivity (Wildman–Crippen MR) is 72.6 cm³/mol. The molecular formula is C13H20N4O2. The first-order valence-electron chi connectivity index (χ1n) is 6.67. The van der Waals surface area contributed by atoms with Crippen molar-refractivity contribution in [3.63, 3.8) is 0 Å². The molecule has 1 N–H and O–H groups in total. The van der Waals surface area contributed by atoms with Crippen LogP contribution in [0, 0.1) is 24.0 Å². The van der Waals surface area contributed by atoms with Crippen molar-refractivity contribution >= 4 is 5.69 Å². The van der Waals surface area contributed by atoms with Crippen LogP contribution in [0.25, 0.3) is 0 Å². The molecule has 6 nitrogen and oxygen atoms in total. The molecule has 1 aliphatic heterocycles. The quantitative estimate of drug-likeness (QED) is 0.666. The molecule has 0 bridgehead atoms. The zero-order valence-corrected chi connectivity index (χ0v) is 11.5. The summed E-state index contributed by atoms with van der Waals surface area (Å²) >= 11 is 0. The minimum atomic E-state index is -0.323. The fourth-order valence-electron chi connectivity index (χ4n) is 2.46. The summed E-state index contributed by atoms with van der Waals surface area (Å²) in [7, 11) is 0. The molecule has 104 valence electrons. The van der Waals surface area contributed by atoms with E-state index in [4.69, 9.17) is 0 Å². The maximum atomic E-state index is 11.0. The van der Waals surface area contributed by atoms with E-state index in [2.05, 4.69) is 15.4 Å². The number of aryl methyl sites for hydroxylation is 1. The zero-order chi connectivity index (χ0) is 13.8. The number of aromatic nitrogens is 1. The summed E-state index contributed by atoms with van der Waals surface area (Å²) in [5.74, 6) is 0. The number of hydrogen-bond donors (Lipinski definition) is 1. The minimum absolute atomic E-state index is 0.186. The summed E-state index contributed by atoms with van der Waals surface area (Å²) in [4.78, 5) is 15.0. The summed E-state index contributed by atoms with van der Waals surface area (Å²) < 4.78 is 0. The van der Waals surface area contributed by atoms with Gasteiger partial charge in [-0.2, -0.15) is 0 Å². The van der Waals surface area contributed by atoms with E-state index >= 15 is 0 Å². The summed E-state index contributed by atoms with van der Waals surface area (Å²) in [5.41, 5.74) is 5.53. The van der Waals surface area contributed by atoms with Crippen molar-refractivity contribution in [3.8, 4) is 0 Å². The van der Waals surface area contributed by atoms with Crippen molar-refractivity contribution < 1.29 is 4.92 Å².